The fourth-order valence-electron chi connectivity index (χ4n) is 7.99. The van der Waals surface area contributed by atoms with Crippen molar-refractivity contribution in [1.82, 2.24) is 19.4 Å². The molecule has 7 rings (SSSR count). The lowest BCUT2D eigenvalue weighted by molar-refractivity contribution is 0.0438. The molecule has 0 N–H and O–H groups in total. The van der Waals surface area contributed by atoms with Crippen molar-refractivity contribution in [2.45, 2.75) is 82.3 Å². The van der Waals surface area contributed by atoms with Crippen LogP contribution in [0.25, 0.3) is 22.4 Å². The monoisotopic (exact) mass is 528 g/mol. The second-order valence-electron chi connectivity index (χ2n) is 12.7. The van der Waals surface area contributed by atoms with Crippen LogP contribution in [0.1, 0.15) is 68.4 Å². The quantitative estimate of drug-likeness (QED) is 0.368. The molecule has 39 heavy (non-hydrogen) atoms. The normalized spacial score (nSPS) is 26.4. The summed E-state index contributed by atoms with van der Waals surface area (Å²) in [6, 6.07) is 13.4. The molecule has 2 bridgehead atoms. The number of hydrogen-bond acceptors (Lipinski definition) is 5. The number of hydrogen-bond donors (Lipinski definition) is 0. The molecule has 4 fully saturated rings. The van der Waals surface area contributed by atoms with E-state index >= 15 is 0 Å². The number of rotatable bonds is 7. The maximum Gasteiger partial charge on any atom is 0.161 e. The third-order valence-corrected chi connectivity index (χ3v) is 10.4. The van der Waals surface area contributed by atoms with Crippen LogP contribution in [0.3, 0.4) is 0 Å². The number of ether oxygens (including phenoxy) is 2. The molecule has 0 radical (unpaired) electrons. The van der Waals surface area contributed by atoms with E-state index in [1.807, 2.05) is 12.1 Å². The predicted molar refractivity (Wildman–Crippen MR) is 157 cm³/mol. The third-order valence-electron chi connectivity index (χ3n) is 10.4. The SMILES string of the molecule is COc1ccc(-c2nc3c(C)cc(C4CCN(C5CC6CCC(C5)N6CC5CC5)CC4)cc3n2C)cc1OC. The lowest BCUT2D eigenvalue weighted by atomic mass is 9.86. The van der Waals surface area contributed by atoms with Crippen LogP contribution in [0.4, 0.5) is 0 Å². The predicted octanol–water partition coefficient (Wildman–Crippen LogP) is 6.15. The summed E-state index contributed by atoms with van der Waals surface area (Å²) < 4.78 is 13.2. The molecular weight excluding hydrogens is 484 g/mol. The van der Waals surface area contributed by atoms with Gasteiger partial charge >= 0.3 is 0 Å². The van der Waals surface area contributed by atoms with Crippen molar-refractivity contribution in [3.8, 4) is 22.9 Å². The molecule has 3 aromatic rings. The van der Waals surface area contributed by atoms with Gasteiger partial charge in [0.1, 0.15) is 5.82 Å². The van der Waals surface area contributed by atoms with Gasteiger partial charge in [0.15, 0.2) is 11.5 Å². The molecule has 6 heteroatoms. The Hall–Kier alpha value is -2.57. The zero-order valence-electron chi connectivity index (χ0n) is 24.2. The number of likely N-dealkylation sites (tertiary alicyclic amines) is 1. The van der Waals surface area contributed by atoms with E-state index in [-0.39, 0.29) is 0 Å². The highest BCUT2D eigenvalue weighted by atomic mass is 16.5. The fourth-order valence-corrected chi connectivity index (χ4v) is 7.99. The Morgan fingerprint density at radius 1 is 0.846 bits per heavy atom. The standard InChI is InChI=1S/C33H44N4O2/c1-21-15-25(16-29-32(21)34-33(35(29)2)24-7-10-30(38-3)31(17-24)39-4)23-11-13-36(14-12-23)28-18-26-8-9-27(19-28)37(26)20-22-5-6-22/h7,10,15-17,22-23,26-28H,5-6,8-9,11-14,18-20H2,1-4H3. The number of nitrogens with zero attached hydrogens (tertiary/aromatic N) is 4. The summed E-state index contributed by atoms with van der Waals surface area (Å²) in [5, 5.41) is 0. The fraction of sp³-hybridized carbons (Fsp3) is 0.606. The summed E-state index contributed by atoms with van der Waals surface area (Å²) >= 11 is 0. The van der Waals surface area contributed by atoms with Crippen LogP contribution < -0.4 is 9.47 Å². The summed E-state index contributed by atoms with van der Waals surface area (Å²) in [6.07, 6.45) is 11.2. The van der Waals surface area contributed by atoms with Crippen molar-refractivity contribution in [1.29, 1.82) is 0 Å². The summed E-state index contributed by atoms with van der Waals surface area (Å²) in [5.41, 5.74) is 6.11. The Balaban J connectivity index is 1.06. The minimum absolute atomic E-state index is 0.635. The number of fused-ring (bicyclic) bond motifs is 3. The number of benzene rings is 2. The van der Waals surface area contributed by atoms with Gasteiger partial charge in [-0.3, -0.25) is 4.90 Å². The Kier molecular flexibility index (Phi) is 6.59. The molecule has 208 valence electrons. The Morgan fingerprint density at radius 2 is 1.56 bits per heavy atom. The van der Waals surface area contributed by atoms with E-state index < -0.39 is 0 Å². The average molecular weight is 529 g/mol. The molecule has 1 aliphatic carbocycles. The number of piperidine rings is 2. The van der Waals surface area contributed by atoms with E-state index in [1.165, 1.54) is 87.6 Å². The zero-order chi connectivity index (χ0) is 26.7. The molecule has 0 spiro atoms. The molecule has 0 amide bonds. The first-order valence-corrected chi connectivity index (χ1v) is 15.2. The number of aromatic nitrogens is 2. The van der Waals surface area contributed by atoms with E-state index in [4.69, 9.17) is 14.5 Å². The van der Waals surface area contributed by atoms with E-state index in [9.17, 15) is 0 Å². The second-order valence-corrected chi connectivity index (χ2v) is 12.7. The van der Waals surface area contributed by atoms with E-state index in [0.717, 1.165) is 52.4 Å². The number of methoxy groups -OCH3 is 2. The molecule has 2 atom stereocenters. The van der Waals surface area contributed by atoms with Crippen LogP contribution >= 0.6 is 0 Å². The summed E-state index contributed by atoms with van der Waals surface area (Å²) in [5.74, 6) is 4.09. The Bertz CT molecular complexity index is 1340. The number of imidazole rings is 1. The Morgan fingerprint density at radius 3 is 2.23 bits per heavy atom. The van der Waals surface area contributed by atoms with Crippen molar-refractivity contribution in [2.24, 2.45) is 13.0 Å². The molecule has 2 unspecified atom stereocenters. The van der Waals surface area contributed by atoms with Crippen LogP contribution in [0.2, 0.25) is 0 Å². The van der Waals surface area contributed by atoms with Crippen molar-refractivity contribution in [2.75, 3.05) is 33.9 Å². The van der Waals surface area contributed by atoms with Crippen LogP contribution in [-0.4, -0.2) is 71.3 Å². The third kappa shape index (κ3) is 4.63. The van der Waals surface area contributed by atoms with Crippen LogP contribution in [0, 0.1) is 12.8 Å². The molecule has 4 aliphatic rings. The van der Waals surface area contributed by atoms with Gasteiger partial charge in [-0.2, -0.15) is 0 Å². The van der Waals surface area contributed by atoms with Crippen molar-refractivity contribution in [3.63, 3.8) is 0 Å². The van der Waals surface area contributed by atoms with Gasteiger partial charge < -0.3 is 18.9 Å². The highest BCUT2D eigenvalue weighted by Crippen LogP contribution is 2.43. The first-order valence-electron chi connectivity index (χ1n) is 15.2. The first kappa shape index (κ1) is 25.4. The lowest BCUT2D eigenvalue weighted by Crippen LogP contribution is -2.52. The summed E-state index contributed by atoms with van der Waals surface area (Å²) in [6.45, 7) is 6.11. The van der Waals surface area contributed by atoms with E-state index in [0.29, 0.717) is 5.92 Å². The second kappa shape index (κ2) is 10.1. The summed E-state index contributed by atoms with van der Waals surface area (Å²) in [7, 11) is 5.49. The topological polar surface area (TPSA) is 42.8 Å². The van der Waals surface area contributed by atoms with E-state index in [2.05, 4.69) is 46.5 Å². The summed E-state index contributed by atoms with van der Waals surface area (Å²) in [4.78, 5) is 10.9. The molecule has 2 aromatic carbocycles. The van der Waals surface area contributed by atoms with Gasteiger partial charge in [0.25, 0.3) is 0 Å². The molecule has 3 aliphatic heterocycles. The number of aryl methyl sites for hydroxylation is 2. The largest absolute Gasteiger partial charge is 0.493 e. The minimum atomic E-state index is 0.635. The van der Waals surface area contributed by atoms with Crippen LogP contribution in [0.15, 0.2) is 30.3 Å². The zero-order valence-corrected chi connectivity index (χ0v) is 24.2. The molecular formula is C33H44N4O2. The highest BCUT2D eigenvalue weighted by molar-refractivity contribution is 5.84. The molecule has 1 aromatic heterocycles. The van der Waals surface area contributed by atoms with Gasteiger partial charge in [-0.25, -0.2) is 4.98 Å². The van der Waals surface area contributed by atoms with Gasteiger partial charge in [0.2, 0.25) is 0 Å². The maximum atomic E-state index is 5.56. The molecule has 1 saturated carbocycles. The Labute approximate surface area is 233 Å². The average Bonchev–Trinajstić information content (AvgIpc) is 3.68. The van der Waals surface area contributed by atoms with Crippen LogP contribution in [-0.2, 0) is 7.05 Å². The molecule has 3 saturated heterocycles. The highest BCUT2D eigenvalue weighted by Gasteiger charge is 2.44. The smallest absolute Gasteiger partial charge is 0.161 e. The van der Waals surface area contributed by atoms with Gasteiger partial charge in [-0.15, -0.1) is 0 Å². The van der Waals surface area contributed by atoms with Gasteiger partial charge in [0.05, 0.1) is 25.3 Å². The van der Waals surface area contributed by atoms with Crippen molar-refractivity contribution < 1.29 is 9.47 Å². The van der Waals surface area contributed by atoms with Crippen molar-refractivity contribution in [3.05, 3.63) is 41.5 Å². The minimum Gasteiger partial charge on any atom is -0.493 e. The van der Waals surface area contributed by atoms with Gasteiger partial charge in [-0.1, -0.05) is 6.07 Å². The maximum absolute atomic E-state index is 5.56. The first-order chi connectivity index (χ1) is 19.0. The van der Waals surface area contributed by atoms with Gasteiger partial charge in [-0.05, 0) is 119 Å². The van der Waals surface area contributed by atoms with E-state index in [1.54, 1.807) is 14.2 Å². The van der Waals surface area contributed by atoms with Gasteiger partial charge in [0, 0.05) is 37.3 Å². The van der Waals surface area contributed by atoms with Crippen LogP contribution in [0.5, 0.6) is 11.5 Å². The molecule has 6 nitrogen and oxygen atoms in total. The van der Waals surface area contributed by atoms with Crippen molar-refractivity contribution >= 4 is 11.0 Å². The molecule has 4 heterocycles. The lowest BCUT2D eigenvalue weighted by Gasteiger charge is -2.45.